The van der Waals surface area contributed by atoms with Crippen molar-refractivity contribution in [3.05, 3.63) is 53.4 Å². The first-order valence-electron chi connectivity index (χ1n) is 7.28. The minimum Gasteiger partial charge on any atom is -0.386 e. The van der Waals surface area contributed by atoms with Gasteiger partial charge < -0.3 is 10.4 Å². The Morgan fingerprint density at radius 2 is 1.91 bits per heavy atom. The number of nitrogens with one attached hydrogen (secondary N) is 1. The number of aliphatic hydroxyl groups is 1. The average Bonchev–Trinajstić information content (AvgIpc) is 2.99. The molecule has 1 heterocycles. The largest absolute Gasteiger partial charge is 0.386 e. The third kappa shape index (κ3) is 3.73. The summed E-state index contributed by atoms with van der Waals surface area (Å²) in [5.41, 5.74) is 0.554. The van der Waals surface area contributed by atoms with Gasteiger partial charge in [-0.15, -0.1) is 0 Å². The summed E-state index contributed by atoms with van der Waals surface area (Å²) in [5.74, 6) is -2.43. The summed E-state index contributed by atoms with van der Waals surface area (Å²) in [6.45, 7) is 5.37. The van der Waals surface area contributed by atoms with E-state index in [2.05, 4.69) is 10.4 Å². The molecule has 0 fully saturated rings. The highest BCUT2D eigenvalue weighted by molar-refractivity contribution is 5.92. The molecule has 1 aromatic heterocycles. The number of nitrogens with zero attached hydrogens (tertiary/aromatic N) is 2. The van der Waals surface area contributed by atoms with Crippen molar-refractivity contribution < 1.29 is 18.7 Å². The molecular weight excluding hydrogens is 304 g/mol. The summed E-state index contributed by atoms with van der Waals surface area (Å²) < 4.78 is 27.8. The van der Waals surface area contributed by atoms with Crippen LogP contribution in [0.4, 0.5) is 8.78 Å². The highest BCUT2D eigenvalue weighted by atomic mass is 19.2. The highest BCUT2D eigenvalue weighted by Crippen LogP contribution is 2.20. The molecule has 0 aliphatic heterocycles. The number of hydrogen-bond acceptors (Lipinski definition) is 3. The second-order valence-corrected chi connectivity index (χ2v) is 5.64. The third-order valence-corrected chi connectivity index (χ3v) is 3.51. The van der Waals surface area contributed by atoms with Gasteiger partial charge in [0.1, 0.15) is 5.69 Å². The van der Waals surface area contributed by atoms with Gasteiger partial charge in [-0.05, 0) is 44.5 Å². The van der Waals surface area contributed by atoms with Crippen LogP contribution < -0.4 is 5.32 Å². The molecule has 5 nitrogen and oxygen atoms in total. The standard InChI is InChI=1S/C16H19F2N3O2/c1-9(2)21-14(6-7-19-21)16(23)20-10(3)15(22)11-4-5-12(17)13(18)8-11/h4-10,15,22H,1-3H3,(H,20,23). The Hall–Kier alpha value is -2.28. The van der Waals surface area contributed by atoms with Gasteiger partial charge in [-0.25, -0.2) is 8.78 Å². The van der Waals surface area contributed by atoms with Crippen molar-refractivity contribution in [3.8, 4) is 0 Å². The van der Waals surface area contributed by atoms with Crippen LogP contribution in [0.2, 0.25) is 0 Å². The van der Waals surface area contributed by atoms with Crippen LogP contribution in [0.1, 0.15) is 49.0 Å². The SMILES string of the molecule is CC(NC(=O)c1ccnn1C(C)C)C(O)c1ccc(F)c(F)c1. The Kier molecular flexibility index (Phi) is 5.10. The van der Waals surface area contributed by atoms with E-state index >= 15 is 0 Å². The van der Waals surface area contributed by atoms with E-state index < -0.39 is 29.7 Å². The van der Waals surface area contributed by atoms with Crippen molar-refractivity contribution in [2.24, 2.45) is 0 Å². The Morgan fingerprint density at radius 1 is 1.22 bits per heavy atom. The van der Waals surface area contributed by atoms with Gasteiger partial charge in [0.15, 0.2) is 11.6 Å². The predicted octanol–water partition coefficient (Wildman–Crippen LogP) is 2.59. The summed E-state index contributed by atoms with van der Waals surface area (Å²) in [6.07, 6.45) is 0.357. The Balaban J connectivity index is 2.11. The van der Waals surface area contributed by atoms with Gasteiger partial charge in [-0.3, -0.25) is 9.48 Å². The molecule has 2 rings (SSSR count). The quantitative estimate of drug-likeness (QED) is 0.889. The van der Waals surface area contributed by atoms with E-state index in [1.165, 1.54) is 12.3 Å². The number of carbonyl (C=O) groups is 1. The average molecular weight is 323 g/mol. The summed E-state index contributed by atoms with van der Waals surface area (Å²) in [4.78, 5) is 12.3. The van der Waals surface area contributed by atoms with Gasteiger partial charge in [0.2, 0.25) is 0 Å². The number of aromatic nitrogens is 2. The van der Waals surface area contributed by atoms with E-state index in [0.717, 1.165) is 12.1 Å². The Labute approximate surface area is 132 Å². The first-order valence-corrected chi connectivity index (χ1v) is 7.28. The molecule has 2 atom stereocenters. The number of hydrogen-bond donors (Lipinski definition) is 2. The van der Waals surface area contributed by atoms with Crippen molar-refractivity contribution in [2.45, 2.75) is 39.0 Å². The van der Waals surface area contributed by atoms with Gasteiger partial charge in [0.05, 0.1) is 12.1 Å². The number of carbonyl (C=O) groups excluding carboxylic acids is 1. The molecule has 0 bridgehead atoms. The Morgan fingerprint density at radius 3 is 2.52 bits per heavy atom. The second-order valence-electron chi connectivity index (χ2n) is 5.64. The van der Waals surface area contributed by atoms with Crippen molar-refractivity contribution >= 4 is 5.91 Å². The fourth-order valence-electron chi connectivity index (χ4n) is 2.25. The molecule has 1 amide bonds. The van der Waals surface area contributed by atoms with Crippen LogP contribution in [0.3, 0.4) is 0 Å². The van der Waals surface area contributed by atoms with E-state index in [-0.39, 0.29) is 11.6 Å². The van der Waals surface area contributed by atoms with E-state index in [0.29, 0.717) is 5.69 Å². The molecule has 0 aliphatic rings. The molecule has 2 aromatic rings. The normalized spacial score (nSPS) is 13.9. The van der Waals surface area contributed by atoms with Crippen LogP contribution in [0.25, 0.3) is 0 Å². The molecule has 7 heteroatoms. The van der Waals surface area contributed by atoms with Crippen LogP contribution in [0.5, 0.6) is 0 Å². The maximum Gasteiger partial charge on any atom is 0.269 e. The predicted molar refractivity (Wildman–Crippen MR) is 80.9 cm³/mol. The lowest BCUT2D eigenvalue weighted by molar-refractivity contribution is 0.0839. The van der Waals surface area contributed by atoms with Gasteiger partial charge in [-0.1, -0.05) is 6.07 Å². The van der Waals surface area contributed by atoms with Crippen LogP contribution >= 0.6 is 0 Å². The third-order valence-electron chi connectivity index (χ3n) is 3.51. The molecule has 2 unspecified atom stereocenters. The number of benzene rings is 1. The molecular formula is C16H19F2N3O2. The molecule has 23 heavy (non-hydrogen) atoms. The van der Waals surface area contributed by atoms with Gasteiger partial charge in [0, 0.05) is 12.2 Å². The lowest BCUT2D eigenvalue weighted by Crippen LogP contribution is -2.38. The number of amides is 1. The van der Waals surface area contributed by atoms with Gasteiger partial charge in [0.25, 0.3) is 5.91 Å². The summed E-state index contributed by atoms with van der Waals surface area (Å²) in [6, 6.07) is 4.04. The lowest BCUT2D eigenvalue weighted by atomic mass is 10.0. The summed E-state index contributed by atoms with van der Waals surface area (Å²) in [7, 11) is 0. The molecule has 0 aliphatic carbocycles. The number of rotatable bonds is 5. The lowest BCUT2D eigenvalue weighted by Gasteiger charge is -2.21. The molecule has 0 radical (unpaired) electrons. The summed E-state index contributed by atoms with van der Waals surface area (Å²) in [5, 5.41) is 16.9. The van der Waals surface area contributed by atoms with Gasteiger partial charge in [-0.2, -0.15) is 5.10 Å². The highest BCUT2D eigenvalue weighted by Gasteiger charge is 2.22. The van der Waals surface area contributed by atoms with Crippen LogP contribution in [-0.4, -0.2) is 26.8 Å². The van der Waals surface area contributed by atoms with E-state index in [9.17, 15) is 18.7 Å². The molecule has 124 valence electrons. The fourth-order valence-corrected chi connectivity index (χ4v) is 2.25. The van der Waals surface area contributed by atoms with Crippen molar-refractivity contribution in [1.29, 1.82) is 0 Å². The maximum absolute atomic E-state index is 13.2. The first kappa shape index (κ1) is 17.1. The monoisotopic (exact) mass is 323 g/mol. The number of aliphatic hydroxyl groups excluding tert-OH is 1. The zero-order chi connectivity index (χ0) is 17.1. The van der Waals surface area contributed by atoms with E-state index in [1.54, 1.807) is 17.7 Å². The van der Waals surface area contributed by atoms with Crippen molar-refractivity contribution in [2.75, 3.05) is 0 Å². The summed E-state index contributed by atoms with van der Waals surface area (Å²) >= 11 is 0. The second kappa shape index (κ2) is 6.87. The van der Waals surface area contributed by atoms with Crippen LogP contribution in [0.15, 0.2) is 30.5 Å². The minimum absolute atomic E-state index is 0.0113. The van der Waals surface area contributed by atoms with Gasteiger partial charge >= 0.3 is 0 Å². The van der Waals surface area contributed by atoms with E-state index in [4.69, 9.17) is 0 Å². The molecule has 2 N–H and O–H groups in total. The Bertz CT molecular complexity index is 700. The first-order chi connectivity index (χ1) is 10.8. The fraction of sp³-hybridized carbons (Fsp3) is 0.375. The zero-order valence-electron chi connectivity index (χ0n) is 13.1. The maximum atomic E-state index is 13.2. The van der Waals surface area contributed by atoms with Crippen LogP contribution in [-0.2, 0) is 0 Å². The molecule has 0 spiro atoms. The molecule has 0 saturated carbocycles. The molecule has 0 saturated heterocycles. The minimum atomic E-state index is -1.16. The van der Waals surface area contributed by atoms with Crippen LogP contribution in [0, 0.1) is 11.6 Å². The van der Waals surface area contributed by atoms with Crippen molar-refractivity contribution in [1.82, 2.24) is 15.1 Å². The van der Waals surface area contributed by atoms with Crippen molar-refractivity contribution in [3.63, 3.8) is 0 Å². The molecule has 1 aromatic carbocycles. The topological polar surface area (TPSA) is 67.2 Å². The smallest absolute Gasteiger partial charge is 0.269 e. The zero-order valence-corrected chi connectivity index (χ0v) is 13.1. The van der Waals surface area contributed by atoms with E-state index in [1.807, 2.05) is 13.8 Å². The number of halogens is 2.